The van der Waals surface area contributed by atoms with E-state index in [0.717, 1.165) is 0 Å². The first-order valence-corrected chi connectivity index (χ1v) is 6.93. The van der Waals surface area contributed by atoms with Crippen molar-refractivity contribution in [2.45, 2.75) is 0 Å². The highest BCUT2D eigenvalue weighted by molar-refractivity contribution is 6.31. The number of nitriles is 1. The Labute approximate surface area is 137 Å². The number of aliphatic hydroxyl groups is 1. The fraction of sp³-hybridized carbons (Fsp3) is 0. The zero-order chi connectivity index (χ0) is 16.1. The Morgan fingerprint density at radius 2 is 1.50 bits per heavy atom. The summed E-state index contributed by atoms with van der Waals surface area (Å²) >= 11 is 11.5. The molecule has 2 aromatic rings. The summed E-state index contributed by atoms with van der Waals surface area (Å²) in [6.45, 7) is 0. The molecule has 22 heavy (non-hydrogen) atoms. The molecule has 1 amide bonds. The summed E-state index contributed by atoms with van der Waals surface area (Å²) in [5.41, 5.74) is 0.399. The Balaban J connectivity index is 2.28. The molecule has 0 atom stereocenters. The van der Waals surface area contributed by atoms with Crippen LogP contribution in [0.1, 0.15) is 5.56 Å². The van der Waals surface area contributed by atoms with E-state index in [1.807, 2.05) is 0 Å². The number of rotatable bonds is 3. The van der Waals surface area contributed by atoms with E-state index >= 15 is 0 Å². The second-order valence-corrected chi connectivity index (χ2v) is 5.18. The Bertz CT molecular complexity index is 760. The lowest BCUT2D eigenvalue weighted by Gasteiger charge is -2.07. The van der Waals surface area contributed by atoms with Gasteiger partial charge in [0.15, 0.2) is 5.57 Å². The number of carbonyl (C=O) groups is 1. The summed E-state index contributed by atoms with van der Waals surface area (Å²) in [7, 11) is 0. The second kappa shape index (κ2) is 6.99. The molecule has 0 heterocycles. The number of anilines is 1. The molecule has 0 radical (unpaired) electrons. The third-order valence-electron chi connectivity index (χ3n) is 2.80. The van der Waals surface area contributed by atoms with E-state index in [-0.39, 0.29) is 0 Å². The fourth-order valence-corrected chi connectivity index (χ4v) is 1.94. The van der Waals surface area contributed by atoms with E-state index in [9.17, 15) is 9.90 Å². The molecule has 0 aliphatic heterocycles. The average Bonchev–Trinajstić information content (AvgIpc) is 2.51. The van der Waals surface area contributed by atoms with Crippen molar-refractivity contribution >= 4 is 40.6 Å². The van der Waals surface area contributed by atoms with Crippen LogP contribution in [0.4, 0.5) is 5.69 Å². The van der Waals surface area contributed by atoms with Gasteiger partial charge in [0, 0.05) is 21.3 Å². The van der Waals surface area contributed by atoms with Crippen molar-refractivity contribution in [2.75, 3.05) is 5.32 Å². The molecule has 2 aromatic carbocycles. The molecule has 0 fully saturated rings. The van der Waals surface area contributed by atoms with Crippen LogP contribution in [0.25, 0.3) is 5.76 Å². The van der Waals surface area contributed by atoms with Gasteiger partial charge < -0.3 is 10.4 Å². The van der Waals surface area contributed by atoms with Crippen LogP contribution in [-0.4, -0.2) is 11.0 Å². The topological polar surface area (TPSA) is 73.1 Å². The van der Waals surface area contributed by atoms with Crippen LogP contribution in [0.5, 0.6) is 0 Å². The van der Waals surface area contributed by atoms with E-state index in [0.29, 0.717) is 21.3 Å². The second-order valence-electron chi connectivity index (χ2n) is 4.30. The number of nitrogens with one attached hydrogen (secondary N) is 1. The average molecular weight is 333 g/mol. The SMILES string of the molecule is N#C/C(C(=O)Nc1ccc(Cl)cc1)=C(/O)c1ccc(Cl)cc1. The number of nitrogens with zero attached hydrogens (tertiary/aromatic N) is 1. The van der Waals surface area contributed by atoms with Crippen LogP contribution in [0.3, 0.4) is 0 Å². The van der Waals surface area contributed by atoms with E-state index in [1.165, 1.54) is 12.1 Å². The Hall–Kier alpha value is -2.48. The minimum Gasteiger partial charge on any atom is -0.506 e. The maximum absolute atomic E-state index is 12.1. The molecule has 0 aromatic heterocycles. The normalized spacial score (nSPS) is 11.3. The Kier molecular flexibility index (Phi) is 5.05. The molecule has 0 aliphatic carbocycles. The minimum atomic E-state index is -0.711. The van der Waals surface area contributed by atoms with Gasteiger partial charge in [0.1, 0.15) is 11.8 Å². The molecule has 0 saturated heterocycles. The number of hydrogen-bond acceptors (Lipinski definition) is 3. The van der Waals surface area contributed by atoms with E-state index in [2.05, 4.69) is 5.32 Å². The third-order valence-corrected chi connectivity index (χ3v) is 3.30. The van der Waals surface area contributed by atoms with Crippen LogP contribution in [0, 0.1) is 11.3 Å². The lowest BCUT2D eigenvalue weighted by atomic mass is 10.1. The number of hydrogen-bond donors (Lipinski definition) is 2. The first-order chi connectivity index (χ1) is 10.5. The standard InChI is InChI=1S/C16H10Cl2N2O2/c17-11-3-1-10(2-4-11)15(21)14(9-19)16(22)20-13-7-5-12(18)6-8-13/h1-8,21H,(H,20,22)/b15-14-. The molecule has 0 saturated carbocycles. The fourth-order valence-electron chi connectivity index (χ4n) is 1.69. The van der Waals surface area contributed by atoms with Crippen molar-refractivity contribution in [3.63, 3.8) is 0 Å². The summed E-state index contributed by atoms with van der Waals surface area (Å²) in [4.78, 5) is 12.1. The van der Waals surface area contributed by atoms with Crippen molar-refractivity contribution in [2.24, 2.45) is 0 Å². The van der Waals surface area contributed by atoms with E-state index in [4.69, 9.17) is 28.5 Å². The number of halogens is 2. The van der Waals surface area contributed by atoms with Crippen molar-refractivity contribution in [3.05, 3.63) is 69.7 Å². The monoisotopic (exact) mass is 332 g/mol. The van der Waals surface area contributed by atoms with Crippen LogP contribution in [-0.2, 0) is 4.79 Å². The Morgan fingerprint density at radius 3 is 2.00 bits per heavy atom. The zero-order valence-electron chi connectivity index (χ0n) is 11.2. The van der Waals surface area contributed by atoms with Gasteiger partial charge in [-0.1, -0.05) is 23.2 Å². The first kappa shape index (κ1) is 15.9. The zero-order valence-corrected chi connectivity index (χ0v) is 12.7. The van der Waals surface area contributed by atoms with Gasteiger partial charge >= 0.3 is 0 Å². The van der Waals surface area contributed by atoms with Gasteiger partial charge in [-0.3, -0.25) is 4.79 Å². The number of benzene rings is 2. The van der Waals surface area contributed by atoms with Gasteiger partial charge in [0.05, 0.1) is 0 Å². The van der Waals surface area contributed by atoms with Crippen LogP contribution >= 0.6 is 23.2 Å². The lowest BCUT2D eigenvalue weighted by molar-refractivity contribution is -0.112. The van der Waals surface area contributed by atoms with Gasteiger partial charge in [-0.15, -0.1) is 0 Å². The van der Waals surface area contributed by atoms with Crippen LogP contribution < -0.4 is 5.32 Å². The molecule has 0 bridgehead atoms. The van der Waals surface area contributed by atoms with Crippen molar-refractivity contribution in [3.8, 4) is 6.07 Å². The smallest absolute Gasteiger partial charge is 0.270 e. The molecule has 2 N–H and O–H groups in total. The molecule has 2 rings (SSSR count). The van der Waals surface area contributed by atoms with E-state index < -0.39 is 17.2 Å². The quantitative estimate of drug-likeness (QED) is 0.496. The molecule has 0 unspecified atom stereocenters. The van der Waals surface area contributed by atoms with E-state index in [1.54, 1.807) is 42.5 Å². The molecule has 110 valence electrons. The molecular weight excluding hydrogens is 323 g/mol. The highest BCUT2D eigenvalue weighted by atomic mass is 35.5. The number of aliphatic hydroxyl groups excluding tert-OH is 1. The van der Waals surface area contributed by atoms with Gasteiger partial charge in [-0.2, -0.15) is 5.26 Å². The highest BCUT2D eigenvalue weighted by Gasteiger charge is 2.16. The molecular formula is C16H10Cl2N2O2. The molecule has 0 aliphatic rings. The summed E-state index contributed by atoms with van der Waals surface area (Å²) in [6.07, 6.45) is 0. The maximum Gasteiger partial charge on any atom is 0.270 e. The molecule has 6 heteroatoms. The van der Waals surface area contributed by atoms with Gasteiger partial charge in [0.25, 0.3) is 5.91 Å². The summed E-state index contributed by atoms with van der Waals surface area (Å²) in [6, 6.07) is 14.2. The predicted octanol–water partition coefficient (Wildman–Crippen LogP) is 4.42. The summed E-state index contributed by atoms with van der Waals surface area (Å²) in [5.74, 6) is -1.12. The van der Waals surface area contributed by atoms with Crippen molar-refractivity contribution < 1.29 is 9.90 Å². The molecule has 4 nitrogen and oxygen atoms in total. The predicted molar refractivity (Wildman–Crippen MR) is 86.7 cm³/mol. The minimum absolute atomic E-state index is 0.326. The number of amides is 1. The largest absolute Gasteiger partial charge is 0.506 e. The highest BCUT2D eigenvalue weighted by Crippen LogP contribution is 2.20. The van der Waals surface area contributed by atoms with Crippen molar-refractivity contribution in [1.82, 2.24) is 0 Å². The maximum atomic E-state index is 12.1. The van der Waals surface area contributed by atoms with Gasteiger partial charge in [-0.05, 0) is 48.5 Å². The van der Waals surface area contributed by atoms with Crippen molar-refractivity contribution in [1.29, 1.82) is 5.26 Å². The summed E-state index contributed by atoms with van der Waals surface area (Å²) < 4.78 is 0. The van der Waals surface area contributed by atoms with Gasteiger partial charge in [-0.25, -0.2) is 0 Å². The van der Waals surface area contributed by atoms with Gasteiger partial charge in [0.2, 0.25) is 0 Å². The summed E-state index contributed by atoms with van der Waals surface area (Å²) in [5, 5.41) is 22.8. The molecule has 0 spiro atoms. The van der Waals surface area contributed by atoms with Crippen LogP contribution in [0.2, 0.25) is 10.0 Å². The third kappa shape index (κ3) is 3.79. The van der Waals surface area contributed by atoms with Crippen LogP contribution in [0.15, 0.2) is 54.1 Å². The Morgan fingerprint density at radius 1 is 1.00 bits per heavy atom. The lowest BCUT2D eigenvalue weighted by Crippen LogP contribution is -2.15. The number of carbonyl (C=O) groups excluding carboxylic acids is 1. The first-order valence-electron chi connectivity index (χ1n) is 6.17.